The molecule has 2 amide bonds. The van der Waals surface area contributed by atoms with Crippen LogP contribution in [0.2, 0.25) is 0 Å². The molecule has 0 radical (unpaired) electrons. The second-order valence-corrected chi connectivity index (χ2v) is 10.1. The number of nitrogens with zero attached hydrogens (tertiary/aromatic N) is 2. The van der Waals surface area contributed by atoms with Gasteiger partial charge in [0.15, 0.2) is 0 Å². The van der Waals surface area contributed by atoms with Gasteiger partial charge in [0.1, 0.15) is 11.6 Å². The zero-order valence-corrected chi connectivity index (χ0v) is 16.6. The molecule has 0 aromatic carbocycles. The van der Waals surface area contributed by atoms with Gasteiger partial charge in [-0.25, -0.2) is 4.98 Å². The van der Waals surface area contributed by atoms with Crippen molar-refractivity contribution in [3.63, 3.8) is 0 Å². The maximum absolute atomic E-state index is 12.8. The Balaban J connectivity index is 1.28. The van der Waals surface area contributed by atoms with E-state index in [1.54, 1.807) is 11.1 Å². The van der Waals surface area contributed by atoms with Crippen LogP contribution in [0.1, 0.15) is 45.4 Å². The van der Waals surface area contributed by atoms with Crippen LogP contribution in [0.25, 0.3) is 0 Å². The predicted molar refractivity (Wildman–Crippen MR) is 106 cm³/mol. The number of aromatic nitrogens is 1. The Bertz CT molecular complexity index is 745. The van der Waals surface area contributed by atoms with Crippen LogP contribution in [0, 0.1) is 23.2 Å². The number of thioether (sulfide) groups is 1. The topological polar surface area (TPSA) is 62.3 Å². The number of carbonyl (C=O) groups is 2. The normalized spacial score (nSPS) is 35.1. The fraction of sp³-hybridized carbons (Fsp3) is 0.667. The first-order valence-electron chi connectivity index (χ1n) is 10.2. The van der Waals surface area contributed by atoms with Crippen molar-refractivity contribution in [2.75, 3.05) is 17.2 Å². The van der Waals surface area contributed by atoms with Crippen LogP contribution in [0.15, 0.2) is 23.4 Å². The molecular weight excluding hydrogens is 358 g/mol. The molecule has 5 aliphatic rings. The smallest absolute Gasteiger partial charge is 0.240 e. The van der Waals surface area contributed by atoms with E-state index in [0.717, 1.165) is 28.5 Å². The van der Waals surface area contributed by atoms with Gasteiger partial charge in [-0.1, -0.05) is 11.8 Å². The summed E-state index contributed by atoms with van der Waals surface area (Å²) in [6.45, 7) is 2.28. The van der Waals surface area contributed by atoms with Crippen molar-refractivity contribution in [2.24, 2.45) is 23.2 Å². The molecular formula is C21H27N3O2S. The lowest BCUT2D eigenvalue weighted by atomic mass is 9.48. The summed E-state index contributed by atoms with van der Waals surface area (Å²) in [4.78, 5) is 31.2. The third kappa shape index (κ3) is 3.06. The van der Waals surface area contributed by atoms with Crippen LogP contribution in [0.4, 0.5) is 5.69 Å². The molecule has 4 aliphatic carbocycles. The van der Waals surface area contributed by atoms with Crippen molar-refractivity contribution in [2.45, 2.75) is 56.5 Å². The Morgan fingerprint density at radius 3 is 2.63 bits per heavy atom. The number of carbonyl (C=O) groups excluding carboxylic acids is 2. The van der Waals surface area contributed by atoms with Gasteiger partial charge in [0.25, 0.3) is 0 Å². The largest absolute Gasteiger partial charge is 0.352 e. The molecule has 0 saturated heterocycles. The van der Waals surface area contributed by atoms with E-state index in [2.05, 4.69) is 17.2 Å². The van der Waals surface area contributed by atoms with Crippen LogP contribution in [0.5, 0.6) is 0 Å². The van der Waals surface area contributed by atoms with E-state index >= 15 is 0 Å². The number of hydrogen-bond donors (Lipinski definition) is 1. The second-order valence-electron chi connectivity index (χ2n) is 9.17. The Morgan fingerprint density at radius 1 is 1.30 bits per heavy atom. The molecule has 1 aromatic rings. The average molecular weight is 386 g/mol. The molecule has 4 saturated carbocycles. The number of anilines is 1. The second kappa shape index (κ2) is 6.50. The standard InChI is InChI=1S/C21H27N3O2S/c1-13(21-8-14-5-15(9-21)7-16(6-14)10-21)23-18(25)11-24-17-3-2-4-22-20(17)27-12-19(24)26/h2-4,13-16H,5-12H2,1H3,(H,23,25). The maximum Gasteiger partial charge on any atom is 0.240 e. The van der Waals surface area contributed by atoms with E-state index in [1.165, 1.54) is 50.3 Å². The van der Waals surface area contributed by atoms with E-state index < -0.39 is 0 Å². The van der Waals surface area contributed by atoms with Crippen molar-refractivity contribution in [3.05, 3.63) is 18.3 Å². The summed E-state index contributed by atoms with van der Waals surface area (Å²) in [6.07, 6.45) is 9.76. The van der Waals surface area contributed by atoms with E-state index in [-0.39, 0.29) is 29.8 Å². The first-order chi connectivity index (χ1) is 13.0. The number of amides is 2. The minimum atomic E-state index is -0.0479. The number of pyridine rings is 1. The van der Waals surface area contributed by atoms with Crippen molar-refractivity contribution < 1.29 is 9.59 Å². The Kier molecular flexibility index (Phi) is 4.22. The fourth-order valence-corrected chi connectivity index (χ4v) is 7.38. The Morgan fingerprint density at radius 2 is 1.96 bits per heavy atom. The van der Waals surface area contributed by atoms with Crippen molar-refractivity contribution >= 4 is 29.3 Å². The maximum atomic E-state index is 12.8. The van der Waals surface area contributed by atoms with Crippen molar-refractivity contribution in [1.82, 2.24) is 10.3 Å². The summed E-state index contributed by atoms with van der Waals surface area (Å²) in [6, 6.07) is 3.88. The highest BCUT2D eigenvalue weighted by Gasteiger charge is 2.53. The zero-order valence-electron chi connectivity index (χ0n) is 15.8. The molecule has 6 heteroatoms. The SMILES string of the molecule is CC(NC(=O)CN1C(=O)CSc2ncccc21)C12CC3CC(CC(C3)C1)C2. The lowest BCUT2D eigenvalue weighted by Gasteiger charge is -2.59. The van der Waals surface area contributed by atoms with Crippen LogP contribution < -0.4 is 10.2 Å². The number of nitrogens with one attached hydrogen (secondary N) is 1. The lowest BCUT2D eigenvalue weighted by Crippen LogP contribution is -2.57. The predicted octanol–water partition coefficient (Wildman–Crippen LogP) is 3.24. The number of hydrogen-bond acceptors (Lipinski definition) is 4. The first-order valence-corrected chi connectivity index (χ1v) is 11.2. The molecule has 4 fully saturated rings. The summed E-state index contributed by atoms with van der Waals surface area (Å²) in [5, 5.41) is 4.11. The van der Waals surface area contributed by atoms with E-state index in [1.807, 2.05) is 12.1 Å². The summed E-state index contributed by atoms with van der Waals surface area (Å²) >= 11 is 1.45. The van der Waals surface area contributed by atoms with Gasteiger partial charge >= 0.3 is 0 Å². The molecule has 1 unspecified atom stereocenters. The molecule has 1 aliphatic heterocycles. The summed E-state index contributed by atoms with van der Waals surface area (Å²) < 4.78 is 0. The molecule has 6 rings (SSSR count). The quantitative estimate of drug-likeness (QED) is 0.864. The monoisotopic (exact) mass is 385 g/mol. The van der Waals surface area contributed by atoms with Crippen molar-refractivity contribution in [3.8, 4) is 0 Å². The minimum Gasteiger partial charge on any atom is -0.352 e. The third-order valence-corrected chi connectivity index (χ3v) is 8.34. The lowest BCUT2D eigenvalue weighted by molar-refractivity contribution is -0.126. The molecule has 4 bridgehead atoms. The van der Waals surface area contributed by atoms with Crippen molar-refractivity contribution in [1.29, 1.82) is 0 Å². The van der Waals surface area contributed by atoms with Crippen LogP contribution in [0.3, 0.4) is 0 Å². The van der Waals surface area contributed by atoms with Gasteiger partial charge in [-0.2, -0.15) is 0 Å². The zero-order chi connectivity index (χ0) is 18.6. The first kappa shape index (κ1) is 17.5. The van der Waals surface area contributed by atoms with Gasteiger partial charge in [-0.05, 0) is 80.8 Å². The van der Waals surface area contributed by atoms with Gasteiger partial charge in [0.05, 0.1) is 11.4 Å². The van der Waals surface area contributed by atoms with Gasteiger partial charge in [-0.3, -0.25) is 14.5 Å². The summed E-state index contributed by atoms with van der Waals surface area (Å²) in [7, 11) is 0. The molecule has 1 aromatic heterocycles. The van der Waals surface area contributed by atoms with E-state index in [0.29, 0.717) is 5.75 Å². The fourth-order valence-electron chi connectivity index (χ4n) is 6.51. The summed E-state index contributed by atoms with van der Waals surface area (Å²) in [5.41, 5.74) is 1.04. The Hall–Kier alpha value is -1.56. The Labute approximate surface area is 164 Å². The molecule has 0 spiro atoms. The van der Waals surface area contributed by atoms with Gasteiger partial charge in [0.2, 0.25) is 11.8 Å². The average Bonchev–Trinajstić information content (AvgIpc) is 2.63. The molecule has 1 N–H and O–H groups in total. The van der Waals surface area contributed by atoms with E-state index in [9.17, 15) is 9.59 Å². The van der Waals surface area contributed by atoms with Gasteiger partial charge < -0.3 is 5.32 Å². The van der Waals surface area contributed by atoms with Crippen LogP contribution in [-0.4, -0.2) is 35.1 Å². The molecule has 5 nitrogen and oxygen atoms in total. The molecule has 1 atom stereocenters. The highest BCUT2D eigenvalue weighted by atomic mass is 32.2. The third-order valence-electron chi connectivity index (χ3n) is 7.36. The van der Waals surface area contributed by atoms with Gasteiger partial charge in [0, 0.05) is 12.2 Å². The molecule has 2 heterocycles. The minimum absolute atomic E-state index is 0.0156. The van der Waals surface area contributed by atoms with Crippen LogP contribution in [-0.2, 0) is 9.59 Å². The highest BCUT2D eigenvalue weighted by Crippen LogP contribution is 2.61. The van der Waals surface area contributed by atoms with E-state index in [4.69, 9.17) is 0 Å². The summed E-state index contributed by atoms with van der Waals surface area (Å²) in [5.74, 6) is 2.89. The molecule has 144 valence electrons. The molecule has 27 heavy (non-hydrogen) atoms. The van der Waals surface area contributed by atoms with Gasteiger partial charge in [-0.15, -0.1) is 0 Å². The number of rotatable bonds is 4. The highest BCUT2D eigenvalue weighted by molar-refractivity contribution is 8.00. The number of fused-ring (bicyclic) bond motifs is 1. The van der Waals surface area contributed by atoms with Crippen LogP contribution >= 0.6 is 11.8 Å².